The molecule has 0 bridgehead atoms. The van der Waals surface area contributed by atoms with Gasteiger partial charge in [0, 0.05) is 20.2 Å². The smallest absolute Gasteiger partial charge is 0.266 e. The highest BCUT2D eigenvalue weighted by atomic mass is 19.4. The Morgan fingerprint density at radius 2 is 1.96 bits per heavy atom. The Morgan fingerprint density at radius 3 is 2.43 bits per heavy atom. The van der Waals surface area contributed by atoms with Gasteiger partial charge in [-0.25, -0.2) is 10.1 Å². The average Bonchev–Trinajstić information content (AvgIpc) is 2.93. The number of halogens is 4. The van der Waals surface area contributed by atoms with Crippen molar-refractivity contribution in [3.8, 4) is 0 Å². The fourth-order valence-corrected chi connectivity index (χ4v) is 1.82. The molecule has 2 aromatic heterocycles. The van der Waals surface area contributed by atoms with Gasteiger partial charge in [-0.15, -0.1) is 0 Å². The molecule has 124 valence electrons. The Balaban J connectivity index is 2.14. The van der Waals surface area contributed by atoms with Crippen molar-refractivity contribution in [1.29, 1.82) is 0 Å². The molecule has 0 fully saturated rings. The molecule has 0 saturated carbocycles. The van der Waals surface area contributed by atoms with Crippen molar-refractivity contribution in [1.82, 2.24) is 25.0 Å². The number of alkyl halides is 3. The zero-order chi connectivity index (χ0) is 17.4. The van der Waals surface area contributed by atoms with Gasteiger partial charge in [-0.05, 0) is 6.92 Å². The summed E-state index contributed by atoms with van der Waals surface area (Å²) in [7, 11) is 2.59. The lowest BCUT2D eigenvalue weighted by Gasteiger charge is -1.99. The molecule has 23 heavy (non-hydrogen) atoms. The lowest BCUT2D eigenvalue weighted by atomic mass is 10.3. The Kier molecular flexibility index (Phi) is 4.21. The molecule has 0 aliphatic heterocycles. The van der Waals surface area contributed by atoms with Crippen molar-refractivity contribution in [2.75, 3.05) is 0 Å². The van der Waals surface area contributed by atoms with E-state index in [0.29, 0.717) is 11.8 Å². The second kappa shape index (κ2) is 5.82. The summed E-state index contributed by atoms with van der Waals surface area (Å²) in [5.74, 6) is -1.56. The largest absolute Gasteiger partial charge is 0.435 e. The summed E-state index contributed by atoms with van der Waals surface area (Å²) >= 11 is 0. The lowest BCUT2D eigenvalue weighted by molar-refractivity contribution is -0.141. The highest BCUT2D eigenvalue weighted by Crippen LogP contribution is 2.28. The van der Waals surface area contributed by atoms with E-state index < -0.39 is 23.7 Å². The first kappa shape index (κ1) is 16.6. The van der Waals surface area contributed by atoms with Crippen molar-refractivity contribution < 1.29 is 22.4 Å². The zero-order valence-electron chi connectivity index (χ0n) is 12.3. The number of hydrogen-bond acceptors (Lipinski definition) is 4. The first-order valence-electron chi connectivity index (χ1n) is 6.25. The van der Waals surface area contributed by atoms with E-state index in [9.17, 15) is 22.4 Å². The first-order chi connectivity index (χ1) is 10.6. The SMILES string of the molecule is Cc1nn(C)c(F)c1/C=N/NC(=O)c1cc(C(F)(F)F)nn1C. The standard InChI is InChI=1S/C12H12F4N6O/c1-6-7(10(13)22(3)19-6)5-17-18-11(23)8-4-9(12(14,15)16)20-21(8)2/h4-5H,1-3H3,(H,18,23)/b17-5+. The molecule has 11 heteroatoms. The maximum absolute atomic E-state index is 13.6. The van der Waals surface area contributed by atoms with Crippen LogP contribution in [0.2, 0.25) is 0 Å². The molecule has 0 radical (unpaired) electrons. The van der Waals surface area contributed by atoms with Crippen LogP contribution in [0, 0.1) is 12.9 Å². The van der Waals surface area contributed by atoms with Crippen LogP contribution >= 0.6 is 0 Å². The van der Waals surface area contributed by atoms with E-state index in [1.54, 1.807) is 6.92 Å². The summed E-state index contributed by atoms with van der Waals surface area (Å²) in [5.41, 5.74) is 0.902. The molecule has 0 unspecified atom stereocenters. The van der Waals surface area contributed by atoms with Crippen molar-refractivity contribution in [3.63, 3.8) is 0 Å². The molecule has 1 amide bonds. The molecular weight excluding hydrogens is 320 g/mol. The van der Waals surface area contributed by atoms with Crippen LogP contribution < -0.4 is 5.43 Å². The van der Waals surface area contributed by atoms with Crippen LogP contribution in [0.15, 0.2) is 11.2 Å². The minimum Gasteiger partial charge on any atom is -0.266 e. The molecule has 0 atom stereocenters. The van der Waals surface area contributed by atoms with Crippen LogP contribution in [0.4, 0.5) is 17.6 Å². The topological polar surface area (TPSA) is 77.1 Å². The number of nitrogens with zero attached hydrogens (tertiary/aromatic N) is 5. The third kappa shape index (κ3) is 3.38. The summed E-state index contributed by atoms with van der Waals surface area (Å²) in [4.78, 5) is 11.8. The van der Waals surface area contributed by atoms with Crippen LogP contribution in [-0.4, -0.2) is 31.7 Å². The highest BCUT2D eigenvalue weighted by molar-refractivity contribution is 5.93. The van der Waals surface area contributed by atoms with Gasteiger partial charge in [-0.1, -0.05) is 0 Å². The van der Waals surface area contributed by atoms with E-state index in [4.69, 9.17) is 0 Å². The van der Waals surface area contributed by atoms with Gasteiger partial charge in [0.1, 0.15) is 5.69 Å². The molecule has 7 nitrogen and oxygen atoms in total. The Morgan fingerprint density at radius 1 is 1.30 bits per heavy atom. The molecule has 0 aromatic carbocycles. The number of aryl methyl sites for hydroxylation is 3. The number of rotatable bonds is 3. The summed E-state index contributed by atoms with van der Waals surface area (Å²) in [6.45, 7) is 1.54. The zero-order valence-corrected chi connectivity index (χ0v) is 12.3. The quantitative estimate of drug-likeness (QED) is 0.524. The minimum atomic E-state index is -4.66. The van der Waals surface area contributed by atoms with E-state index in [1.165, 1.54) is 14.1 Å². The molecule has 2 heterocycles. The monoisotopic (exact) mass is 332 g/mol. The first-order valence-corrected chi connectivity index (χ1v) is 6.25. The summed E-state index contributed by atoms with van der Waals surface area (Å²) in [6, 6.07) is 0.598. The Labute approximate surface area is 127 Å². The van der Waals surface area contributed by atoms with E-state index in [1.807, 2.05) is 5.43 Å². The summed E-state index contributed by atoms with van der Waals surface area (Å²) in [5, 5.41) is 10.5. The van der Waals surface area contributed by atoms with Gasteiger partial charge in [-0.2, -0.15) is 32.9 Å². The van der Waals surface area contributed by atoms with Crippen molar-refractivity contribution in [2.24, 2.45) is 19.2 Å². The molecule has 0 aliphatic carbocycles. The van der Waals surface area contributed by atoms with Gasteiger partial charge in [0.05, 0.1) is 17.5 Å². The predicted molar refractivity (Wildman–Crippen MR) is 71.2 cm³/mol. The van der Waals surface area contributed by atoms with Crippen molar-refractivity contribution in [3.05, 3.63) is 34.7 Å². The highest BCUT2D eigenvalue weighted by Gasteiger charge is 2.35. The molecular formula is C12H12F4N6O. The second-order valence-electron chi connectivity index (χ2n) is 4.65. The number of carbonyl (C=O) groups excluding carboxylic acids is 1. The van der Waals surface area contributed by atoms with E-state index >= 15 is 0 Å². The fraction of sp³-hybridized carbons (Fsp3) is 0.333. The average molecular weight is 332 g/mol. The van der Waals surface area contributed by atoms with Crippen molar-refractivity contribution in [2.45, 2.75) is 13.1 Å². The molecule has 0 saturated heterocycles. The number of aromatic nitrogens is 4. The third-order valence-corrected chi connectivity index (χ3v) is 2.96. The normalized spacial score (nSPS) is 12.1. The van der Waals surface area contributed by atoms with Crippen LogP contribution in [0.1, 0.15) is 27.4 Å². The molecule has 0 aliphatic rings. The predicted octanol–water partition coefficient (Wildman–Crippen LogP) is 1.38. The van der Waals surface area contributed by atoms with Gasteiger partial charge in [0.15, 0.2) is 5.69 Å². The molecule has 1 N–H and O–H groups in total. The number of amides is 1. The van der Waals surface area contributed by atoms with E-state index in [0.717, 1.165) is 15.6 Å². The fourth-order valence-electron chi connectivity index (χ4n) is 1.82. The Hall–Kier alpha value is -2.72. The number of nitrogens with one attached hydrogen (secondary N) is 1. The second-order valence-corrected chi connectivity index (χ2v) is 4.65. The molecule has 0 spiro atoms. The summed E-state index contributed by atoms with van der Waals surface area (Å²) in [6.07, 6.45) is -3.63. The Bertz CT molecular complexity index is 773. The maximum Gasteiger partial charge on any atom is 0.435 e. The van der Waals surface area contributed by atoms with Gasteiger partial charge >= 0.3 is 6.18 Å². The van der Waals surface area contributed by atoms with Crippen LogP contribution in [0.3, 0.4) is 0 Å². The van der Waals surface area contributed by atoms with E-state index in [2.05, 4.69) is 15.3 Å². The third-order valence-electron chi connectivity index (χ3n) is 2.96. The maximum atomic E-state index is 13.6. The minimum absolute atomic E-state index is 0.0637. The van der Waals surface area contributed by atoms with Gasteiger partial charge < -0.3 is 0 Å². The van der Waals surface area contributed by atoms with Crippen molar-refractivity contribution >= 4 is 12.1 Å². The number of carbonyl (C=O) groups is 1. The number of hydrogen-bond donors (Lipinski definition) is 1. The van der Waals surface area contributed by atoms with Gasteiger partial charge in [-0.3, -0.25) is 9.48 Å². The van der Waals surface area contributed by atoms with Gasteiger partial charge in [0.25, 0.3) is 5.91 Å². The number of hydrazone groups is 1. The van der Waals surface area contributed by atoms with Gasteiger partial charge in [0.2, 0.25) is 5.95 Å². The van der Waals surface area contributed by atoms with Crippen LogP contribution in [0.5, 0.6) is 0 Å². The summed E-state index contributed by atoms with van der Waals surface area (Å²) < 4.78 is 53.0. The lowest BCUT2D eigenvalue weighted by Crippen LogP contribution is -2.20. The van der Waals surface area contributed by atoms with Crippen LogP contribution in [-0.2, 0) is 20.3 Å². The van der Waals surface area contributed by atoms with Crippen LogP contribution in [0.25, 0.3) is 0 Å². The van der Waals surface area contributed by atoms with E-state index in [-0.39, 0.29) is 11.3 Å². The molecule has 2 aromatic rings. The molecule has 2 rings (SSSR count).